The molecule has 2 heterocycles. The number of hydrogen-bond donors (Lipinski definition) is 2. The molecule has 2 N–H and O–H groups in total. The van der Waals surface area contributed by atoms with Crippen LogP contribution in [0.4, 0.5) is 10.5 Å². The van der Waals surface area contributed by atoms with Gasteiger partial charge in [-0.15, -0.1) is 0 Å². The highest BCUT2D eigenvalue weighted by Crippen LogP contribution is 2.39. The van der Waals surface area contributed by atoms with E-state index in [1.165, 1.54) is 11.0 Å². The average Bonchev–Trinajstić information content (AvgIpc) is 2.88. The van der Waals surface area contributed by atoms with Crippen LogP contribution < -0.4 is 9.62 Å². The number of nitrogens with one attached hydrogen (secondary N) is 1. The van der Waals surface area contributed by atoms with Gasteiger partial charge in [0.2, 0.25) is 5.91 Å². The summed E-state index contributed by atoms with van der Waals surface area (Å²) in [6.07, 6.45) is 0.996. The lowest BCUT2D eigenvalue weighted by atomic mass is 10.00. The molecule has 2 atom stereocenters. The minimum absolute atomic E-state index is 0.0381. The number of hydrogen-bond acceptors (Lipinski definition) is 4. The number of phenols is 1. The first kappa shape index (κ1) is 17.7. The van der Waals surface area contributed by atoms with Gasteiger partial charge in [-0.05, 0) is 24.0 Å². The summed E-state index contributed by atoms with van der Waals surface area (Å²) in [6.45, 7) is 5.33. The van der Waals surface area contributed by atoms with Gasteiger partial charge in [-0.1, -0.05) is 13.8 Å². The number of nitrogens with zero attached hydrogens (tertiary/aromatic N) is 2. The summed E-state index contributed by atoms with van der Waals surface area (Å²) in [6, 6.07) is 3.21. The standard InChI is InChI=1S/C17H23N3O4S/c1-10(2)4-5-20-9-11-6-12(15-8-16(22)18-25(15)24)14(21)7-13(11)19(3)17(20)23/h6-7,10,15,21H,4-5,8-9H2,1-3H3,(H,18,22). The quantitative estimate of drug-likeness (QED) is 0.854. The number of fused-ring (bicyclic) bond motifs is 1. The SMILES string of the molecule is CC(C)CCN1Cc2cc(C3CC(=O)NS3=O)c(O)cc2N(C)C1=O. The lowest BCUT2D eigenvalue weighted by molar-refractivity contribution is -0.118. The lowest BCUT2D eigenvalue weighted by Gasteiger charge is -2.36. The second kappa shape index (κ2) is 6.67. The zero-order valence-electron chi connectivity index (χ0n) is 14.6. The average molecular weight is 365 g/mol. The van der Waals surface area contributed by atoms with E-state index in [0.717, 1.165) is 12.0 Å². The van der Waals surface area contributed by atoms with Crippen molar-refractivity contribution in [2.45, 2.75) is 38.5 Å². The maximum Gasteiger partial charge on any atom is 0.324 e. The van der Waals surface area contributed by atoms with Gasteiger partial charge in [0, 0.05) is 38.2 Å². The van der Waals surface area contributed by atoms with Crippen LogP contribution in [0, 0.1) is 5.92 Å². The van der Waals surface area contributed by atoms with Crippen LogP contribution in [-0.4, -0.2) is 39.7 Å². The van der Waals surface area contributed by atoms with E-state index >= 15 is 0 Å². The molecule has 2 aliphatic rings. The highest BCUT2D eigenvalue weighted by molar-refractivity contribution is 7.84. The fourth-order valence-electron chi connectivity index (χ4n) is 3.21. The smallest absolute Gasteiger partial charge is 0.324 e. The summed E-state index contributed by atoms with van der Waals surface area (Å²) >= 11 is 0. The van der Waals surface area contributed by atoms with E-state index in [1.807, 2.05) is 0 Å². The van der Waals surface area contributed by atoms with Gasteiger partial charge in [-0.25, -0.2) is 9.00 Å². The fraction of sp³-hybridized carbons (Fsp3) is 0.529. The molecule has 0 spiro atoms. The Morgan fingerprint density at radius 2 is 2.08 bits per heavy atom. The predicted molar refractivity (Wildman–Crippen MR) is 95.4 cm³/mol. The number of rotatable bonds is 4. The Bertz CT molecular complexity index is 750. The van der Waals surface area contributed by atoms with Gasteiger partial charge >= 0.3 is 6.03 Å². The first-order valence-electron chi connectivity index (χ1n) is 8.36. The first-order valence-corrected chi connectivity index (χ1v) is 9.57. The molecule has 0 saturated carbocycles. The van der Waals surface area contributed by atoms with Crippen molar-refractivity contribution >= 4 is 28.6 Å². The van der Waals surface area contributed by atoms with E-state index < -0.39 is 16.2 Å². The molecule has 0 aliphatic carbocycles. The zero-order valence-corrected chi connectivity index (χ0v) is 15.4. The molecular weight excluding hydrogens is 342 g/mol. The van der Waals surface area contributed by atoms with Gasteiger partial charge in [0.05, 0.1) is 10.9 Å². The Balaban J connectivity index is 1.93. The molecule has 2 unspecified atom stereocenters. The molecule has 1 fully saturated rings. The van der Waals surface area contributed by atoms with Crippen LogP contribution >= 0.6 is 0 Å². The molecule has 136 valence electrons. The Hall–Kier alpha value is -2.09. The van der Waals surface area contributed by atoms with E-state index in [-0.39, 0.29) is 24.1 Å². The molecule has 3 rings (SSSR count). The third-order valence-corrected chi connectivity index (χ3v) is 6.04. The van der Waals surface area contributed by atoms with Gasteiger partial charge in [-0.3, -0.25) is 14.4 Å². The molecule has 8 heteroatoms. The zero-order chi connectivity index (χ0) is 18.3. The van der Waals surface area contributed by atoms with Gasteiger partial charge in [0.15, 0.2) is 0 Å². The fourth-order valence-corrected chi connectivity index (χ4v) is 4.38. The Morgan fingerprint density at radius 3 is 2.68 bits per heavy atom. The number of anilines is 1. The summed E-state index contributed by atoms with van der Waals surface area (Å²) in [4.78, 5) is 27.3. The minimum atomic E-state index is -1.54. The first-order chi connectivity index (χ1) is 11.8. The molecular formula is C17H23N3O4S. The number of carbonyl (C=O) groups excluding carboxylic acids is 2. The highest BCUT2D eigenvalue weighted by Gasteiger charge is 2.35. The van der Waals surface area contributed by atoms with E-state index in [4.69, 9.17) is 0 Å². The van der Waals surface area contributed by atoms with Crippen LogP contribution in [0.3, 0.4) is 0 Å². The van der Waals surface area contributed by atoms with Crippen LogP contribution in [-0.2, 0) is 22.3 Å². The predicted octanol–water partition coefficient (Wildman–Crippen LogP) is 2.03. The maximum atomic E-state index is 12.5. The molecule has 25 heavy (non-hydrogen) atoms. The molecule has 2 aliphatic heterocycles. The number of aromatic hydroxyl groups is 1. The summed E-state index contributed by atoms with van der Waals surface area (Å²) in [7, 11) is 0.141. The summed E-state index contributed by atoms with van der Waals surface area (Å²) in [5.41, 5.74) is 2.02. The van der Waals surface area contributed by atoms with Crippen LogP contribution in [0.25, 0.3) is 0 Å². The Kier molecular flexibility index (Phi) is 4.73. The molecule has 1 saturated heterocycles. The molecule has 1 aromatic rings. The minimum Gasteiger partial charge on any atom is -0.508 e. The number of amides is 3. The maximum absolute atomic E-state index is 12.5. The molecule has 0 bridgehead atoms. The molecule has 1 aromatic carbocycles. The van der Waals surface area contributed by atoms with Crippen LogP contribution in [0.1, 0.15) is 43.1 Å². The van der Waals surface area contributed by atoms with Crippen molar-refractivity contribution < 1.29 is 18.9 Å². The van der Waals surface area contributed by atoms with Gasteiger partial charge < -0.3 is 10.0 Å². The Labute approximate surface area is 149 Å². The number of benzene rings is 1. The van der Waals surface area contributed by atoms with Crippen molar-refractivity contribution in [1.29, 1.82) is 0 Å². The van der Waals surface area contributed by atoms with Crippen molar-refractivity contribution in [3.05, 3.63) is 23.3 Å². The third-order valence-electron chi connectivity index (χ3n) is 4.67. The van der Waals surface area contributed by atoms with E-state index in [2.05, 4.69) is 18.6 Å². The topological polar surface area (TPSA) is 89.9 Å². The van der Waals surface area contributed by atoms with Gasteiger partial charge in [0.25, 0.3) is 0 Å². The molecule has 7 nitrogen and oxygen atoms in total. The van der Waals surface area contributed by atoms with Crippen molar-refractivity contribution in [1.82, 2.24) is 9.62 Å². The van der Waals surface area contributed by atoms with Gasteiger partial charge in [-0.2, -0.15) is 0 Å². The molecule has 0 aromatic heterocycles. The molecule has 0 radical (unpaired) electrons. The second-order valence-corrected chi connectivity index (χ2v) is 8.37. The second-order valence-electron chi connectivity index (χ2n) is 7.00. The van der Waals surface area contributed by atoms with Crippen LogP contribution in [0.2, 0.25) is 0 Å². The largest absolute Gasteiger partial charge is 0.508 e. The lowest BCUT2D eigenvalue weighted by Crippen LogP contribution is -2.45. The summed E-state index contributed by atoms with van der Waals surface area (Å²) in [5, 5.41) is 9.79. The monoisotopic (exact) mass is 365 g/mol. The van der Waals surface area contributed by atoms with Crippen molar-refractivity contribution in [3.8, 4) is 5.75 Å². The third kappa shape index (κ3) is 3.35. The van der Waals surface area contributed by atoms with Crippen molar-refractivity contribution in [2.75, 3.05) is 18.5 Å². The van der Waals surface area contributed by atoms with Crippen molar-refractivity contribution in [3.63, 3.8) is 0 Å². The van der Waals surface area contributed by atoms with Crippen molar-refractivity contribution in [2.24, 2.45) is 5.92 Å². The number of urea groups is 1. The summed E-state index contributed by atoms with van der Waals surface area (Å²) in [5.74, 6) is 0.170. The van der Waals surface area contributed by atoms with Gasteiger partial charge in [0.1, 0.15) is 16.7 Å². The highest BCUT2D eigenvalue weighted by atomic mass is 32.2. The normalized spacial score (nSPS) is 23.2. The number of phenolic OH excluding ortho intramolecular Hbond substituents is 1. The van der Waals surface area contributed by atoms with Crippen LogP contribution in [0.15, 0.2) is 12.1 Å². The number of carbonyl (C=O) groups is 2. The van der Waals surface area contributed by atoms with Crippen LogP contribution in [0.5, 0.6) is 5.75 Å². The Morgan fingerprint density at radius 1 is 1.36 bits per heavy atom. The van der Waals surface area contributed by atoms with E-state index in [9.17, 15) is 18.9 Å². The molecule has 3 amide bonds. The van der Waals surface area contributed by atoms with E-state index in [1.54, 1.807) is 18.0 Å². The van der Waals surface area contributed by atoms with E-state index in [0.29, 0.717) is 30.3 Å². The summed E-state index contributed by atoms with van der Waals surface area (Å²) < 4.78 is 14.4.